The number of anilines is 1. The third-order valence-electron chi connectivity index (χ3n) is 3.99. The lowest BCUT2D eigenvalue weighted by molar-refractivity contribution is -0.113. The Morgan fingerprint density at radius 1 is 1.04 bits per heavy atom. The fraction of sp³-hybridized carbons (Fsp3) is 0. The minimum Gasteiger partial charge on any atom is -0.457 e. The predicted octanol–water partition coefficient (Wildman–Crippen LogP) is 4.84. The second kappa shape index (κ2) is 6.74. The van der Waals surface area contributed by atoms with Crippen LogP contribution in [0.2, 0.25) is 5.02 Å². The van der Waals surface area contributed by atoms with E-state index in [1.54, 1.807) is 42.5 Å². The number of carbonyl (C=O) groups is 2. The first-order chi connectivity index (χ1) is 13.0. The smallest absolute Gasteiger partial charge is 0.333 e. The Balaban J connectivity index is 1.61. The van der Waals surface area contributed by atoms with E-state index in [1.807, 2.05) is 0 Å². The molecule has 1 fully saturated rings. The van der Waals surface area contributed by atoms with Crippen LogP contribution in [0.3, 0.4) is 0 Å². The van der Waals surface area contributed by atoms with Gasteiger partial charge in [0.15, 0.2) is 0 Å². The molecule has 0 atom stereocenters. The summed E-state index contributed by atoms with van der Waals surface area (Å²) in [7, 11) is 0. The molecule has 27 heavy (non-hydrogen) atoms. The lowest BCUT2D eigenvalue weighted by Crippen LogP contribution is -2.30. The minimum atomic E-state index is -0.571. The van der Waals surface area contributed by atoms with E-state index < -0.39 is 11.9 Å². The number of benzene rings is 2. The second-order valence-electron chi connectivity index (χ2n) is 5.82. The van der Waals surface area contributed by atoms with E-state index in [2.05, 4.69) is 5.32 Å². The van der Waals surface area contributed by atoms with Gasteiger partial charge in [-0.05, 0) is 54.6 Å². The third-order valence-corrected chi connectivity index (χ3v) is 4.22. The average molecular weight is 383 g/mol. The number of urea groups is 1. The summed E-state index contributed by atoms with van der Waals surface area (Å²) in [4.78, 5) is 25.8. The predicted molar refractivity (Wildman–Crippen MR) is 99.5 cm³/mol. The molecule has 1 N–H and O–H groups in total. The van der Waals surface area contributed by atoms with Gasteiger partial charge in [0.1, 0.15) is 23.0 Å². The Kier molecular flexibility index (Phi) is 4.25. The van der Waals surface area contributed by atoms with E-state index in [-0.39, 0.29) is 11.5 Å². The molecule has 1 saturated heterocycles. The van der Waals surface area contributed by atoms with Crippen LogP contribution >= 0.6 is 11.6 Å². The third kappa shape index (κ3) is 3.35. The molecular weight excluding hydrogens is 371 g/mol. The summed E-state index contributed by atoms with van der Waals surface area (Å²) in [6, 6.07) is 15.1. The van der Waals surface area contributed by atoms with Gasteiger partial charge in [0.2, 0.25) is 0 Å². The molecule has 1 aromatic heterocycles. The van der Waals surface area contributed by atoms with Crippen molar-refractivity contribution < 1.29 is 18.4 Å². The first kappa shape index (κ1) is 17.1. The zero-order chi connectivity index (χ0) is 19.0. The number of halogens is 2. The number of furan rings is 1. The van der Waals surface area contributed by atoms with Crippen molar-refractivity contribution in [3.63, 3.8) is 0 Å². The highest BCUT2D eigenvalue weighted by Crippen LogP contribution is 2.27. The molecule has 1 aliphatic heterocycles. The molecule has 4 rings (SSSR count). The van der Waals surface area contributed by atoms with Crippen LogP contribution in [0.1, 0.15) is 5.76 Å². The summed E-state index contributed by atoms with van der Waals surface area (Å²) in [5.41, 5.74) is 1.16. The molecule has 7 heteroatoms. The molecule has 0 bridgehead atoms. The fourth-order valence-electron chi connectivity index (χ4n) is 2.73. The summed E-state index contributed by atoms with van der Waals surface area (Å²) < 4.78 is 18.7. The van der Waals surface area contributed by atoms with Crippen molar-refractivity contribution in [1.82, 2.24) is 5.32 Å². The van der Waals surface area contributed by atoms with Crippen molar-refractivity contribution in [3.05, 3.63) is 83.0 Å². The van der Waals surface area contributed by atoms with Gasteiger partial charge in [0, 0.05) is 16.7 Å². The molecule has 0 radical (unpaired) electrons. The molecule has 0 spiro atoms. The van der Waals surface area contributed by atoms with E-state index >= 15 is 0 Å². The first-order valence-corrected chi connectivity index (χ1v) is 8.37. The lowest BCUT2D eigenvalue weighted by Gasteiger charge is -2.11. The molecule has 2 heterocycles. The van der Waals surface area contributed by atoms with Crippen molar-refractivity contribution >= 4 is 35.3 Å². The zero-order valence-electron chi connectivity index (χ0n) is 13.8. The quantitative estimate of drug-likeness (QED) is 0.521. The van der Waals surface area contributed by atoms with Crippen LogP contribution in [0, 0.1) is 5.82 Å². The molecule has 2 aromatic carbocycles. The van der Waals surface area contributed by atoms with Crippen molar-refractivity contribution in [1.29, 1.82) is 0 Å². The number of rotatable bonds is 3. The van der Waals surface area contributed by atoms with Crippen LogP contribution in [0.4, 0.5) is 14.9 Å². The van der Waals surface area contributed by atoms with Crippen molar-refractivity contribution in [3.8, 4) is 11.3 Å². The largest absolute Gasteiger partial charge is 0.457 e. The Morgan fingerprint density at radius 3 is 2.56 bits per heavy atom. The van der Waals surface area contributed by atoms with Crippen LogP contribution in [-0.2, 0) is 4.79 Å². The Bertz CT molecular complexity index is 1070. The van der Waals surface area contributed by atoms with E-state index in [0.29, 0.717) is 27.8 Å². The molecule has 0 aliphatic carbocycles. The summed E-state index contributed by atoms with van der Waals surface area (Å²) >= 11 is 5.93. The van der Waals surface area contributed by atoms with Crippen LogP contribution in [0.25, 0.3) is 17.4 Å². The molecule has 3 amide bonds. The highest BCUT2D eigenvalue weighted by molar-refractivity contribution is 6.32. The molecule has 0 saturated carbocycles. The van der Waals surface area contributed by atoms with Gasteiger partial charge >= 0.3 is 6.03 Å². The average Bonchev–Trinajstić information content (AvgIpc) is 3.21. The Labute approximate surface area is 158 Å². The van der Waals surface area contributed by atoms with Crippen LogP contribution in [-0.4, -0.2) is 11.9 Å². The van der Waals surface area contributed by atoms with Crippen LogP contribution in [0.5, 0.6) is 0 Å². The number of carbonyl (C=O) groups excluding carboxylic acids is 2. The van der Waals surface area contributed by atoms with Gasteiger partial charge in [0.05, 0.1) is 5.69 Å². The number of hydrogen-bond acceptors (Lipinski definition) is 3. The highest BCUT2D eigenvalue weighted by Gasteiger charge is 2.35. The molecule has 1 aliphatic rings. The number of nitrogens with zero attached hydrogens (tertiary/aromatic N) is 1. The van der Waals surface area contributed by atoms with Crippen LogP contribution < -0.4 is 10.2 Å². The molecule has 5 nitrogen and oxygen atoms in total. The fourth-order valence-corrected chi connectivity index (χ4v) is 2.91. The second-order valence-corrected chi connectivity index (χ2v) is 6.25. The number of nitrogens with one attached hydrogen (secondary N) is 1. The summed E-state index contributed by atoms with van der Waals surface area (Å²) in [6.07, 6.45) is 1.44. The van der Waals surface area contributed by atoms with Gasteiger partial charge in [0.25, 0.3) is 5.91 Å². The van der Waals surface area contributed by atoms with Crippen LogP contribution in [0.15, 0.2) is 70.8 Å². The molecule has 134 valence electrons. The van der Waals surface area contributed by atoms with Crippen molar-refractivity contribution in [2.75, 3.05) is 4.90 Å². The van der Waals surface area contributed by atoms with Gasteiger partial charge < -0.3 is 9.73 Å². The highest BCUT2D eigenvalue weighted by atomic mass is 35.5. The molecule has 3 aromatic rings. The Hall–Kier alpha value is -3.38. The minimum absolute atomic E-state index is 0.0833. The Morgan fingerprint density at radius 2 is 1.81 bits per heavy atom. The zero-order valence-corrected chi connectivity index (χ0v) is 14.5. The first-order valence-electron chi connectivity index (χ1n) is 8.00. The maximum Gasteiger partial charge on any atom is 0.333 e. The van der Waals surface area contributed by atoms with Gasteiger partial charge in [-0.25, -0.2) is 14.1 Å². The van der Waals surface area contributed by atoms with Gasteiger partial charge in [-0.2, -0.15) is 0 Å². The molecular formula is C20H12ClFN2O3. The maximum absolute atomic E-state index is 13.0. The maximum atomic E-state index is 13.0. The van der Waals surface area contributed by atoms with E-state index in [0.717, 1.165) is 4.90 Å². The summed E-state index contributed by atoms with van der Waals surface area (Å²) in [5.74, 6) is 0.0475. The van der Waals surface area contributed by atoms with E-state index in [1.165, 1.54) is 24.3 Å². The SMILES string of the molecule is O=C1N/C(=C/c2ccc(-c3ccc(F)cc3)o2)C(=O)N1c1cccc(Cl)c1. The van der Waals surface area contributed by atoms with E-state index in [9.17, 15) is 14.0 Å². The lowest BCUT2D eigenvalue weighted by atomic mass is 10.2. The van der Waals surface area contributed by atoms with Gasteiger partial charge in [-0.3, -0.25) is 4.79 Å². The van der Waals surface area contributed by atoms with Crippen molar-refractivity contribution in [2.24, 2.45) is 0 Å². The van der Waals surface area contributed by atoms with Crippen molar-refractivity contribution in [2.45, 2.75) is 0 Å². The van der Waals surface area contributed by atoms with E-state index in [4.69, 9.17) is 16.0 Å². The number of amides is 3. The monoisotopic (exact) mass is 382 g/mol. The van der Waals surface area contributed by atoms with Gasteiger partial charge in [-0.15, -0.1) is 0 Å². The topological polar surface area (TPSA) is 62.6 Å². The molecule has 0 unspecified atom stereocenters. The number of imide groups is 1. The summed E-state index contributed by atoms with van der Waals surface area (Å²) in [5, 5.41) is 2.94. The standard InChI is InChI=1S/C20H12ClFN2O3/c21-13-2-1-3-15(10-13)24-19(25)17(23-20(24)26)11-16-8-9-18(27-16)12-4-6-14(22)7-5-12/h1-11H,(H,23,26)/b17-11+. The van der Waals surface area contributed by atoms with Gasteiger partial charge in [-0.1, -0.05) is 17.7 Å². The number of hydrogen-bond donors (Lipinski definition) is 1. The normalized spacial score (nSPS) is 15.5. The summed E-state index contributed by atoms with van der Waals surface area (Å²) in [6.45, 7) is 0.